The highest BCUT2D eigenvalue weighted by molar-refractivity contribution is 5.97. The number of benzene rings is 1. The lowest BCUT2D eigenvalue weighted by molar-refractivity contribution is -0.190. The van der Waals surface area contributed by atoms with Gasteiger partial charge in [-0.3, -0.25) is 4.79 Å². The molecule has 7 unspecified atom stereocenters. The number of esters is 1. The second kappa shape index (κ2) is 6.83. The fourth-order valence-corrected chi connectivity index (χ4v) is 7.12. The quantitative estimate of drug-likeness (QED) is 0.624. The normalized spacial score (nSPS) is 40.6. The molecule has 2 heterocycles. The van der Waals surface area contributed by atoms with Crippen molar-refractivity contribution in [3.8, 4) is 11.5 Å². The van der Waals surface area contributed by atoms with Gasteiger partial charge >= 0.3 is 5.97 Å². The third-order valence-electron chi connectivity index (χ3n) is 9.03. The van der Waals surface area contributed by atoms with Gasteiger partial charge in [0, 0.05) is 35.6 Å². The number of allylic oxidation sites excluding steroid dienone is 2. The first kappa shape index (κ1) is 22.4. The number of ether oxygens (including phenoxy) is 3. The third kappa shape index (κ3) is 2.75. The maximum Gasteiger partial charge on any atom is 0.342 e. The number of phenols is 1. The summed E-state index contributed by atoms with van der Waals surface area (Å²) >= 11 is 0. The summed E-state index contributed by atoms with van der Waals surface area (Å²) in [6.07, 6.45) is 2.73. The Morgan fingerprint density at radius 2 is 1.85 bits per heavy atom. The standard InChI is InChI=1S/C26H32O7/c1-12-22(31-6)20-13-9-17-25(4)8-7-18(28)24(2,3)16(25)11-19(29)26(17,5)33-15(13)10-14(27)21(20)23(30)32-12/h7-8,10,12,16-17,19,22,27,29H,9,11H2,1-6H3. The minimum Gasteiger partial charge on any atom is -0.507 e. The van der Waals surface area contributed by atoms with Crippen molar-refractivity contribution < 1.29 is 34.0 Å². The summed E-state index contributed by atoms with van der Waals surface area (Å²) in [5, 5.41) is 22.0. The molecule has 178 valence electrons. The van der Waals surface area contributed by atoms with E-state index in [9.17, 15) is 19.8 Å². The number of hydrogen-bond acceptors (Lipinski definition) is 7. The van der Waals surface area contributed by atoms with Crippen LogP contribution in [0.4, 0.5) is 0 Å². The van der Waals surface area contributed by atoms with E-state index >= 15 is 0 Å². The molecule has 5 rings (SSSR count). The zero-order valence-corrected chi connectivity index (χ0v) is 20.0. The Labute approximate surface area is 193 Å². The van der Waals surface area contributed by atoms with Crippen LogP contribution in [0.15, 0.2) is 18.2 Å². The van der Waals surface area contributed by atoms with E-state index < -0.39 is 40.7 Å². The molecule has 0 radical (unpaired) electrons. The summed E-state index contributed by atoms with van der Waals surface area (Å²) < 4.78 is 17.7. The van der Waals surface area contributed by atoms with Crippen LogP contribution in [-0.2, 0) is 20.7 Å². The van der Waals surface area contributed by atoms with E-state index in [-0.39, 0.29) is 28.9 Å². The molecule has 2 aliphatic carbocycles. The molecule has 1 aromatic rings. The molecular formula is C26H32O7. The van der Waals surface area contributed by atoms with Crippen LogP contribution >= 0.6 is 0 Å². The summed E-state index contributed by atoms with van der Waals surface area (Å²) in [6, 6.07) is 1.45. The van der Waals surface area contributed by atoms with E-state index in [4.69, 9.17) is 14.2 Å². The maximum atomic E-state index is 12.7. The number of cyclic esters (lactones) is 1. The summed E-state index contributed by atoms with van der Waals surface area (Å²) in [6.45, 7) is 9.72. The smallest absolute Gasteiger partial charge is 0.342 e. The SMILES string of the molecule is COC1c2c3c(cc(O)c2C(=O)OC1C)OC1(C)C(O)CC2C(C)(C)C(=O)C=CC2(C)C1C3. The molecule has 0 saturated heterocycles. The minimum atomic E-state index is -0.927. The molecule has 2 aliphatic heterocycles. The summed E-state index contributed by atoms with van der Waals surface area (Å²) in [5.41, 5.74) is -0.473. The van der Waals surface area contributed by atoms with Crippen molar-refractivity contribution in [2.75, 3.05) is 7.11 Å². The average Bonchev–Trinajstić information content (AvgIpc) is 2.72. The summed E-state index contributed by atoms with van der Waals surface area (Å²) in [5.74, 6) is -0.536. The van der Waals surface area contributed by atoms with Crippen LogP contribution in [0.3, 0.4) is 0 Å². The summed E-state index contributed by atoms with van der Waals surface area (Å²) in [4.78, 5) is 25.5. The largest absolute Gasteiger partial charge is 0.507 e. The molecule has 7 atom stereocenters. The van der Waals surface area contributed by atoms with Crippen molar-refractivity contribution in [3.05, 3.63) is 34.9 Å². The van der Waals surface area contributed by atoms with Gasteiger partial charge in [0.25, 0.3) is 0 Å². The molecule has 4 aliphatic rings. The first-order chi connectivity index (χ1) is 15.4. The van der Waals surface area contributed by atoms with Crippen molar-refractivity contribution >= 4 is 11.8 Å². The Hall–Kier alpha value is -2.38. The molecule has 2 N–H and O–H groups in total. The van der Waals surface area contributed by atoms with Gasteiger partial charge in [-0.25, -0.2) is 4.79 Å². The first-order valence-electron chi connectivity index (χ1n) is 11.6. The number of ketones is 1. The van der Waals surface area contributed by atoms with Gasteiger partial charge < -0.3 is 24.4 Å². The number of fused-ring (bicyclic) bond motifs is 6. The van der Waals surface area contributed by atoms with Gasteiger partial charge in [-0.05, 0) is 44.1 Å². The predicted molar refractivity (Wildman–Crippen MR) is 119 cm³/mol. The molecule has 1 aromatic carbocycles. The van der Waals surface area contributed by atoms with Crippen LogP contribution in [0, 0.1) is 22.7 Å². The molecule has 33 heavy (non-hydrogen) atoms. The molecule has 1 fully saturated rings. The first-order valence-corrected chi connectivity index (χ1v) is 11.6. The predicted octanol–water partition coefficient (Wildman–Crippen LogP) is 3.50. The highest BCUT2D eigenvalue weighted by Gasteiger charge is 2.65. The lowest BCUT2D eigenvalue weighted by Gasteiger charge is -2.62. The average molecular weight is 457 g/mol. The molecule has 7 nitrogen and oxygen atoms in total. The van der Waals surface area contributed by atoms with Gasteiger partial charge in [-0.15, -0.1) is 0 Å². The highest BCUT2D eigenvalue weighted by atomic mass is 16.6. The number of carbonyl (C=O) groups excluding carboxylic acids is 2. The van der Waals surface area contributed by atoms with Gasteiger partial charge in [0.2, 0.25) is 0 Å². The van der Waals surface area contributed by atoms with Gasteiger partial charge in [-0.2, -0.15) is 0 Å². The highest BCUT2D eigenvalue weighted by Crippen LogP contribution is 2.63. The van der Waals surface area contributed by atoms with Gasteiger partial charge in [0.15, 0.2) is 5.78 Å². The number of aliphatic hydroxyl groups excluding tert-OH is 1. The number of aromatic hydroxyl groups is 1. The Bertz CT molecular complexity index is 1090. The van der Waals surface area contributed by atoms with Crippen LogP contribution in [0.25, 0.3) is 0 Å². The van der Waals surface area contributed by atoms with Crippen molar-refractivity contribution in [3.63, 3.8) is 0 Å². The zero-order chi connectivity index (χ0) is 24.1. The van der Waals surface area contributed by atoms with E-state index in [1.54, 1.807) is 20.1 Å². The second-order valence-corrected chi connectivity index (χ2v) is 11.1. The molecule has 1 saturated carbocycles. The maximum absolute atomic E-state index is 12.7. The topological polar surface area (TPSA) is 102 Å². The number of carbonyl (C=O) groups is 2. The van der Waals surface area contributed by atoms with E-state index in [0.717, 1.165) is 5.56 Å². The molecule has 0 spiro atoms. The number of aliphatic hydroxyl groups is 1. The van der Waals surface area contributed by atoms with Crippen molar-refractivity contribution in [2.24, 2.45) is 22.7 Å². The minimum absolute atomic E-state index is 0.0659. The molecule has 0 bridgehead atoms. The lowest BCUT2D eigenvalue weighted by Crippen LogP contribution is -2.67. The van der Waals surface area contributed by atoms with Crippen LogP contribution in [0.2, 0.25) is 0 Å². The van der Waals surface area contributed by atoms with Crippen LogP contribution in [0.5, 0.6) is 11.5 Å². The number of methoxy groups -OCH3 is 1. The fraction of sp³-hybridized carbons (Fsp3) is 0.615. The number of rotatable bonds is 1. The number of hydrogen-bond donors (Lipinski definition) is 2. The monoisotopic (exact) mass is 456 g/mol. The molecule has 0 aromatic heterocycles. The Morgan fingerprint density at radius 3 is 2.52 bits per heavy atom. The second-order valence-electron chi connectivity index (χ2n) is 11.1. The van der Waals surface area contributed by atoms with Gasteiger partial charge in [0.05, 0.1) is 6.10 Å². The Balaban J connectivity index is 1.72. The Kier molecular flexibility index (Phi) is 4.64. The van der Waals surface area contributed by atoms with E-state index in [1.165, 1.54) is 6.07 Å². The molecule has 7 heteroatoms. The summed E-state index contributed by atoms with van der Waals surface area (Å²) in [7, 11) is 1.55. The molecule has 0 amide bonds. The lowest BCUT2D eigenvalue weighted by atomic mass is 9.45. The van der Waals surface area contributed by atoms with Crippen LogP contribution < -0.4 is 4.74 Å². The van der Waals surface area contributed by atoms with Crippen LogP contribution in [0.1, 0.15) is 68.6 Å². The Morgan fingerprint density at radius 1 is 1.15 bits per heavy atom. The third-order valence-corrected chi connectivity index (χ3v) is 9.03. The van der Waals surface area contributed by atoms with Gasteiger partial charge in [-0.1, -0.05) is 26.8 Å². The van der Waals surface area contributed by atoms with Crippen molar-refractivity contribution in [2.45, 2.75) is 71.4 Å². The van der Waals surface area contributed by atoms with Crippen molar-refractivity contribution in [1.82, 2.24) is 0 Å². The zero-order valence-electron chi connectivity index (χ0n) is 20.0. The van der Waals surface area contributed by atoms with E-state index in [2.05, 4.69) is 6.92 Å². The fourth-order valence-electron chi connectivity index (χ4n) is 7.12. The van der Waals surface area contributed by atoms with E-state index in [1.807, 2.05) is 26.8 Å². The number of phenolic OH excluding ortho intramolecular Hbond substituents is 1. The van der Waals surface area contributed by atoms with Gasteiger partial charge in [0.1, 0.15) is 34.9 Å². The van der Waals surface area contributed by atoms with E-state index in [0.29, 0.717) is 24.2 Å². The molecular weight excluding hydrogens is 424 g/mol. The van der Waals surface area contributed by atoms with Crippen LogP contribution in [-0.4, -0.2) is 46.9 Å². The van der Waals surface area contributed by atoms with Crippen molar-refractivity contribution in [1.29, 1.82) is 0 Å².